The summed E-state index contributed by atoms with van der Waals surface area (Å²) < 4.78 is 5.78. The quantitative estimate of drug-likeness (QED) is 0.539. The molecule has 0 aromatic heterocycles. The standard InChI is InChI=1S/C18H30O2Si2/c1-8-12-17(18(19)20-21(3,4)5)15(2)22(6,7)16-13-10-9-11-14-16/h8-11,13-15,17H,1,12H2,2-7H3/t15-,17+/m0/s1. The predicted molar refractivity (Wildman–Crippen MR) is 101 cm³/mol. The van der Waals surface area contributed by atoms with Gasteiger partial charge in [-0.05, 0) is 31.6 Å². The van der Waals surface area contributed by atoms with Crippen LogP contribution in [0.3, 0.4) is 0 Å². The number of benzene rings is 1. The van der Waals surface area contributed by atoms with Crippen molar-refractivity contribution in [2.24, 2.45) is 5.92 Å². The van der Waals surface area contributed by atoms with E-state index in [2.05, 4.69) is 70.5 Å². The Kier molecular flexibility index (Phi) is 6.38. The first-order valence-corrected chi connectivity index (χ1v) is 14.5. The van der Waals surface area contributed by atoms with Gasteiger partial charge < -0.3 is 4.43 Å². The van der Waals surface area contributed by atoms with E-state index in [0.29, 0.717) is 12.0 Å². The van der Waals surface area contributed by atoms with Crippen molar-refractivity contribution < 1.29 is 9.22 Å². The average Bonchev–Trinajstić information content (AvgIpc) is 2.43. The molecule has 0 heterocycles. The molecule has 0 spiro atoms. The summed E-state index contributed by atoms with van der Waals surface area (Å²) in [6.45, 7) is 16.9. The van der Waals surface area contributed by atoms with Gasteiger partial charge in [-0.15, -0.1) is 6.58 Å². The lowest BCUT2D eigenvalue weighted by atomic mass is 10.0. The lowest BCUT2D eigenvalue weighted by molar-refractivity contribution is -0.139. The molecule has 4 heteroatoms. The smallest absolute Gasteiger partial charge is 0.295 e. The minimum absolute atomic E-state index is 0.0388. The van der Waals surface area contributed by atoms with E-state index in [1.54, 1.807) is 0 Å². The van der Waals surface area contributed by atoms with Crippen LogP contribution in [0, 0.1) is 5.92 Å². The van der Waals surface area contributed by atoms with Crippen LogP contribution < -0.4 is 5.19 Å². The van der Waals surface area contributed by atoms with Gasteiger partial charge in [-0.25, -0.2) is 0 Å². The highest BCUT2D eigenvalue weighted by molar-refractivity contribution is 6.91. The van der Waals surface area contributed by atoms with Crippen LogP contribution in [0.25, 0.3) is 0 Å². The normalized spacial score (nSPS) is 15.0. The molecule has 0 N–H and O–H groups in total. The molecule has 0 amide bonds. The van der Waals surface area contributed by atoms with Crippen molar-refractivity contribution in [1.29, 1.82) is 0 Å². The van der Waals surface area contributed by atoms with Crippen LogP contribution in [0.5, 0.6) is 0 Å². The number of rotatable bonds is 7. The van der Waals surface area contributed by atoms with Crippen molar-refractivity contribution in [3.8, 4) is 0 Å². The zero-order valence-corrected chi connectivity index (χ0v) is 16.8. The summed E-state index contributed by atoms with van der Waals surface area (Å²) in [5.41, 5.74) is 0.303. The number of allylic oxidation sites excluding steroid dienone is 1. The Balaban J connectivity index is 3.04. The second-order valence-corrected chi connectivity index (χ2v) is 16.9. The van der Waals surface area contributed by atoms with Crippen molar-refractivity contribution in [3.05, 3.63) is 43.0 Å². The van der Waals surface area contributed by atoms with Gasteiger partial charge in [-0.3, -0.25) is 4.79 Å². The SMILES string of the molecule is C=CC[C@@H](C(=O)O[Si](C)(C)C)[C@H](C)[Si](C)(C)c1ccccc1. The van der Waals surface area contributed by atoms with E-state index in [1.807, 2.05) is 12.1 Å². The lowest BCUT2D eigenvalue weighted by Crippen LogP contribution is -2.49. The molecule has 22 heavy (non-hydrogen) atoms. The highest BCUT2D eigenvalue weighted by Gasteiger charge is 2.40. The molecule has 2 nitrogen and oxygen atoms in total. The maximum atomic E-state index is 12.7. The Bertz CT molecular complexity index is 504. The summed E-state index contributed by atoms with van der Waals surface area (Å²) in [7, 11) is -3.62. The van der Waals surface area contributed by atoms with Crippen molar-refractivity contribution in [1.82, 2.24) is 0 Å². The summed E-state index contributed by atoms with van der Waals surface area (Å²) in [6.07, 6.45) is 2.54. The van der Waals surface area contributed by atoms with E-state index in [4.69, 9.17) is 4.43 Å². The van der Waals surface area contributed by atoms with Gasteiger partial charge in [-0.1, -0.05) is 61.6 Å². The maximum Gasteiger partial charge on any atom is 0.295 e. The Hall–Kier alpha value is -1.14. The monoisotopic (exact) mass is 334 g/mol. The molecule has 0 fully saturated rings. The van der Waals surface area contributed by atoms with Crippen LogP contribution in [-0.4, -0.2) is 22.4 Å². The van der Waals surface area contributed by atoms with Crippen LogP contribution >= 0.6 is 0 Å². The minimum atomic E-state index is -1.86. The first-order valence-electron chi connectivity index (χ1n) is 7.99. The molecule has 0 saturated carbocycles. The summed E-state index contributed by atoms with van der Waals surface area (Å²) in [5, 5.41) is 1.39. The Morgan fingerprint density at radius 3 is 2.18 bits per heavy atom. The third-order valence-corrected chi connectivity index (χ3v) is 9.70. The number of hydrogen-bond donors (Lipinski definition) is 0. The van der Waals surface area contributed by atoms with Gasteiger partial charge >= 0.3 is 0 Å². The fourth-order valence-electron chi connectivity index (χ4n) is 2.70. The van der Waals surface area contributed by atoms with E-state index < -0.39 is 16.4 Å². The van der Waals surface area contributed by atoms with Crippen LogP contribution in [0.1, 0.15) is 13.3 Å². The molecular weight excluding hydrogens is 304 g/mol. The summed E-state index contributed by atoms with van der Waals surface area (Å²) in [6, 6.07) is 10.6. The lowest BCUT2D eigenvalue weighted by Gasteiger charge is -2.36. The third-order valence-electron chi connectivity index (χ3n) is 4.39. The highest BCUT2D eigenvalue weighted by Crippen LogP contribution is 2.33. The summed E-state index contributed by atoms with van der Waals surface area (Å²) in [5.74, 6) is -0.130. The van der Waals surface area contributed by atoms with Gasteiger partial charge in [0, 0.05) is 0 Å². The number of hydrogen-bond acceptors (Lipinski definition) is 2. The zero-order valence-electron chi connectivity index (χ0n) is 14.8. The largest absolute Gasteiger partial charge is 0.520 e. The number of carbonyl (C=O) groups excluding carboxylic acids is 1. The molecule has 1 rings (SSSR count). The van der Waals surface area contributed by atoms with Gasteiger partial charge in [0.25, 0.3) is 5.97 Å². The number of carbonyl (C=O) groups is 1. The molecule has 122 valence electrons. The van der Waals surface area contributed by atoms with E-state index in [1.165, 1.54) is 5.19 Å². The fourth-order valence-corrected chi connectivity index (χ4v) is 6.31. The molecular formula is C18H30O2Si2. The van der Waals surface area contributed by atoms with Crippen molar-refractivity contribution in [2.45, 2.75) is 51.6 Å². The molecule has 0 aliphatic heterocycles. The second kappa shape index (κ2) is 7.42. The van der Waals surface area contributed by atoms with Gasteiger partial charge in [-0.2, -0.15) is 0 Å². The van der Waals surface area contributed by atoms with Gasteiger partial charge in [0.05, 0.1) is 14.0 Å². The van der Waals surface area contributed by atoms with Gasteiger partial charge in [0.2, 0.25) is 8.32 Å². The summed E-state index contributed by atoms with van der Waals surface area (Å²) in [4.78, 5) is 12.7. The first kappa shape index (κ1) is 18.9. The molecule has 2 atom stereocenters. The summed E-state index contributed by atoms with van der Waals surface area (Å²) >= 11 is 0. The Morgan fingerprint density at radius 2 is 1.73 bits per heavy atom. The molecule has 0 unspecified atom stereocenters. The Morgan fingerprint density at radius 1 is 1.18 bits per heavy atom. The van der Waals surface area contributed by atoms with Crippen molar-refractivity contribution in [2.75, 3.05) is 0 Å². The molecule has 0 bridgehead atoms. The van der Waals surface area contributed by atoms with Crippen LogP contribution in [0.2, 0.25) is 38.3 Å². The highest BCUT2D eigenvalue weighted by atomic mass is 28.4. The molecule has 0 saturated heterocycles. The van der Waals surface area contributed by atoms with E-state index in [-0.39, 0.29) is 11.9 Å². The van der Waals surface area contributed by atoms with Crippen molar-refractivity contribution >= 4 is 27.5 Å². The van der Waals surface area contributed by atoms with E-state index >= 15 is 0 Å². The van der Waals surface area contributed by atoms with E-state index in [0.717, 1.165) is 0 Å². The van der Waals surface area contributed by atoms with Crippen LogP contribution in [0.4, 0.5) is 0 Å². The first-order chi connectivity index (χ1) is 10.1. The molecule has 1 aromatic rings. The molecule has 0 aliphatic rings. The van der Waals surface area contributed by atoms with Gasteiger partial charge in [0.15, 0.2) is 0 Å². The molecule has 1 aromatic carbocycles. The van der Waals surface area contributed by atoms with Crippen LogP contribution in [0.15, 0.2) is 43.0 Å². The van der Waals surface area contributed by atoms with E-state index in [9.17, 15) is 4.79 Å². The predicted octanol–water partition coefficient (Wildman–Crippen LogP) is 4.56. The molecule has 0 radical (unpaired) electrons. The maximum absolute atomic E-state index is 12.7. The Labute approximate surface area is 137 Å². The zero-order chi connectivity index (χ0) is 17.0. The average molecular weight is 335 g/mol. The fraction of sp³-hybridized carbons (Fsp3) is 0.500. The molecule has 0 aliphatic carbocycles. The topological polar surface area (TPSA) is 26.3 Å². The third kappa shape index (κ3) is 4.95. The van der Waals surface area contributed by atoms with Crippen LogP contribution in [-0.2, 0) is 9.22 Å². The van der Waals surface area contributed by atoms with Crippen molar-refractivity contribution in [3.63, 3.8) is 0 Å². The second-order valence-electron chi connectivity index (χ2n) is 7.54. The van der Waals surface area contributed by atoms with Gasteiger partial charge in [0.1, 0.15) is 0 Å². The minimum Gasteiger partial charge on any atom is -0.520 e.